The summed E-state index contributed by atoms with van der Waals surface area (Å²) >= 11 is 5.73. The van der Waals surface area contributed by atoms with Crippen LogP contribution in [0.5, 0.6) is 0 Å². The van der Waals surface area contributed by atoms with E-state index >= 15 is 0 Å². The lowest BCUT2D eigenvalue weighted by Crippen LogP contribution is -2.35. The molecule has 0 spiro atoms. The van der Waals surface area contributed by atoms with Gasteiger partial charge in [-0.2, -0.15) is 0 Å². The molecular weight excluding hydrogens is 194 g/mol. The molecule has 2 heteroatoms. The molecule has 14 heavy (non-hydrogen) atoms. The standard InChI is InChI=1S/C12H24ClN/c1-11(5-7-13)6-9-14-8-3-4-12(2)10-14/h11-12H,3-10H2,1-2H3. The van der Waals surface area contributed by atoms with E-state index < -0.39 is 0 Å². The van der Waals surface area contributed by atoms with Crippen LogP contribution in [0.4, 0.5) is 0 Å². The Kier molecular flexibility index (Phi) is 5.88. The van der Waals surface area contributed by atoms with Crippen molar-refractivity contribution in [2.24, 2.45) is 11.8 Å². The second-order valence-corrected chi connectivity index (χ2v) is 5.30. The van der Waals surface area contributed by atoms with Gasteiger partial charge < -0.3 is 4.90 Å². The van der Waals surface area contributed by atoms with Crippen molar-refractivity contribution < 1.29 is 0 Å². The lowest BCUT2D eigenvalue weighted by molar-refractivity contribution is 0.174. The van der Waals surface area contributed by atoms with E-state index in [4.69, 9.17) is 11.6 Å². The molecule has 0 amide bonds. The average molecular weight is 218 g/mol. The highest BCUT2D eigenvalue weighted by molar-refractivity contribution is 6.17. The molecule has 0 N–H and O–H groups in total. The van der Waals surface area contributed by atoms with Crippen molar-refractivity contribution in [3.8, 4) is 0 Å². The van der Waals surface area contributed by atoms with Gasteiger partial charge in [0.05, 0.1) is 0 Å². The molecule has 0 saturated carbocycles. The van der Waals surface area contributed by atoms with Crippen molar-refractivity contribution >= 4 is 11.6 Å². The van der Waals surface area contributed by atoms with Gasteiger partial charge in [-0.25, -0.2) is 0 Å². The van der Waals surface area contributed by atoms with E-state index in [9.17, 15) is 0 Å². The van der Waals surface area contributed by atoms with Gasteiger partial charge in [-0.05, 0) is 50.6 Å². The highest BCUT2D eigenvalue weighted by atomic mass is 35.5. The van der Waals surface area contributed by atoms with Gasteiger partial charge in [0.1, 0.15) is 0 Å². The number of halogens is 1. The van der Waals surface area contributed by atoms with E-state index in [2.05, 4.69) is 18.7 Å². The smallest absolute Gasteiger partial charge is 0.0225 e. The van der Waals surface area contributed by atoms with Crippen LogP contribution in [0.2, 0.25) is 0 Å². The molecular formula is C12H24ClN. The molecule has 0 radical (unpaired) electrons. The Labute approximate surface area is 93.8 Å². The number of piperidine rings is 1. The van der Waals surface area contributed by atoms with E-state index in [1.54, 1.807) is 0 Å². The molecule has 1 nitrogen and oxygen atoms in total. The highest BCUT2D eigenvalue weighted by Crippen LogP contribution is 2.17. The summed E-state index contributed by atoms with van der Waals surface area (Å²) in [7, 11) is 0. The van der Waals surface area contributed by atoms with E-state index in [-0.39, 0.29) is 0 Å². The third kappa shape index (κ3) is 4.65. The first-order valence-corrected chi connectivity index (χ1v) is 6.54. The van der Waals surface area contributed by atoms with Crippen LogP contribution in [0.1, 0.15) is 39.5 Å². The van der Waals surface area contributed by atoms with Crippen molar-refractivity contribution in [1.82, 2.24) is 4.90 Å². The van der Waals surface area contributed by atoms with Crippen molar-refractivity contribution in [2.45, 2.75) is 39.5 Å². The van der Waals surface area contributed by atoms with Gasteiger partial charge in [-0.3, -0.25) is 0 Å². The Morgan fingerprint density at radius 3 is 2.86 bits per heavy atom. The number of hydrogen-bond acceptors (Lipinski definition) is 1. The molecule has 84 valence electrons. The molecule has 1 aliphatic rings. The summed E-state index contributed by atoms with van der Waals surface area (Å²) in [6, 6.07) is 0. The monoisotopic (exact) mass is 217 g/mol. The van der Waals surface area contributed by atoms with Crippen molar-refractivity contribution in [3.63, 3.8) is 0 Å². The number of rotatable bonds is 5. The van der Waals surface area contributed by atoms with Crippen LogP contribution >= 0.6 is 11.6 Å². The van der Waals surface area contributed by atoms with Crippen LogP contribution in [0, 0.1) is 11.8 Å². The first-order valence-electron chi connectivity index (χ1n) is 6.00. The van der Waals surface area contributed by atoms with E-state index in [0.29, 0.717) is 0 Å². The zero-order valence-corrected chi connectivity index (χ0v) is 10.4. The Bertz CT molecular complexity index is 149. The third-order valence-electron chi connectivity index (χ3n) is 3.28. The molecule has 0 aromatic carbocycles. The summed E-state index contributed by atoms with van der Waals surface area (Å²) in [5.41, 5.74) is 0. The Hall–Kier alpha value is 0.250. The first-order chi connectivity index (χ1) is 6.72. The minimum Gasteiger partial charge on any atom is -0.303 e. The fourth-order valence-electron chi connectivity index (χ4n) is 2.22. The normalized spacial score (nSPS) is 26.4. The molecule has 1 heterocycles. The number of hydrogen-bond donors (Lipinski definition) is 0. The van der Waals surface area contributed by atoms with Crippen molar-refractivity contribution in [3.05, 3.63) is 0 Å². The SMILES string of the molecule is CC(CCCl)CCN1CCCC(C)C1. The molecule has 2 unspecified atom stereocenters. The fraction of sp³-hybridized carbons (Fsp3) is 1.00. The Balaban J connectivity index is 2.10. The Morgan fingerprint density at radius 2 is 2.21 bits per heavy atom. The van der Waals surface area contributed by atoms with Gasteiger partial charge in [0.15, 0.2) is 0 Å². The maximum atomic E-state index is 5.73. The van der Waals surface area contributed by atoms with Gasteiger partial charge in [0.2, 0.25) is 0 Å². The lowest BCUT2D eigenvalue weighted by Gasteiger charge is -2.31. The van der Waals surface area contributed by atoms with Crippen molar-refractivity contribution in [1.29, 1.82) is 0 Å². The predicted octanol–water partition coefficient (Wildman–Crippen LogP) is 3.37. The molecule has 1 fully saturated rings. The van der Waals surface area contributed by atoms with Crippen LogP contribution in [0.3, 0.4) is 0 Å². The molecule has 0 aliphatic carbocycles. The molecule has 1 rings (SSSR count). The topological polar surface area (TPSA) is 3.24 Å². The van der Waals surface area contributed by atoms with Gasteiger partial charge >= 0.3 is 0 Å². The van der Waals surface area contributed by atoms with E-state index in [1.165, 1.54) is 45.3 Å². The fourth-order valence-corrected chi connectivity index (χ4v) is 2.60. The van der Waals surface area contributed by atoms with Gasteiger partial charge in [0.25, 0.3) is 0 Å². The number of alkyl halides is 1. The average Bonchev–Trinajstić information content (AvgIpc) is 2.15. The van der Waals surface area contributed by atoms with Gasteiger partial charge in [-0.1, -0.05) is 13.8 Å². The predicted molar refractivity (Wildman–Crippen MR) is 64.0 cm³/mol. The minimum absolute atomic E-state index is 0.796. The van der Waals surface area contributed by atoms with Crippen LogP contribution < -0.4 is 0 Å². The molecule has 0 bridgehead atoms. The molecule has 0 aromatic heterocycles. The largest absolute Gasteiger partial charge is 0.303 e. The summed E-state index contributed by atoms with van der Waals surface area (Å²) in [4.78, 5) is 2.62. The summed E-state index contributed by atoms with van der Waals surface area (Å²) in [5, 5.41) is 0. The second-order valence-electron chi connectivity index (χ2n) is 4.92. The summed E-state index contributed by atoms with van der Waals surface area (Å²) in [6.07, 6.45) is 5.31. The molecule has 1 saturated heterocycles. The second kappa shape index (κ2) is 6.68. The zero-order chi connectivity index (χ0) is 10.4. The van der Waals surface area contributed by atoms with Crippen LogP contribution in [0.15, 0.2) is 0 Å². The van der Waals surface area contributed by atoms with Crippen LogP contribution in [-0.2, 0) is 0 Å². The number of likely N-dealkylation sites (tertiary alicyclic amines) is 1. The quantitative estimate of drug-likeness (QED) is 0.639. The highest BCUT2D eigenvalue weighted by Gasteiger charge is 2.16. The molecule has 2 atom stereocenters. The summed E-state index contributed by atoms with van der Waals surface area (Å²) in [6.45, 7) is 8.60. The zero-order valence-electron chi connectivity index (χ0n) is 9.64. The van der Waals surface area contributed by atoms with Crippen LogP contribution in [-0.4, -0.2) is 30.4 Å². The molecule has 0 aromatic rings. The number of nitrogens with zero attached hydrogens (tertiary/aromatic N) is 1. The van der Waals surface area contributed by atoms with Crippen molar-refractivity contribution in [2.75, 3.05) is 25.5 Å². The third-order valence-corrected chi connectivity index (χ3v) is 3.50. The van der Waals surface area contributed by atoms with E-state index in [1.807, 2.05) is 0 Å². The maximum absolute atomic E-state index is 5.73. The first kappa shape index (κ1) is 12.3. The lowest BCUT2D eigenvalue weighted by atomic mass is 9.99. The summed E-state index contributed by atoms with van der Waals surface area (Å²) in [5.74, 6) is 2.52. The van der Waals surface area contributed by atoms with Gasteiger partial charge in [-0.15, -0.1) is 11.6 Å². The molecule has 1 aliphatic heterocycles. The minimum atomic E-state index is 0.796. The Morgan fingerprint density at radius 1 is 1.43 bits per heavy atom. The van der Waals surface area contributed by atoms with Gasteiger partial charge in [0, 0.05) is 12.4 Å². The van der Waals surface area contributed by atoms with E-state index in [0.717, 1.165) is 17.7 Å². The summed E-state index contributed by atoms with van der Waals surface area (Å²) < 4.78 is 0. The van der Waals surface area contributed by atoms with Crippen LogP contribution in [0.25, 0.3) is 0 Å². The maximum Gasteiger partial charge on any atom is 0.0225 e.